The maximum absolute atomic E-state index is 11.0. The van der Waals surface area contributed by atoms with E-state index in [1.54, 1.807) is 45.6 Å². The summed E-state index contributed by atoms with van der Waals surface area (Å²) >= 11 is 1.74. The van der Waals surface area contributed by atoms with Gasteiger partial charge in [-0.25, -0.2) is 12.1 Å². The summed E-state index contributed by atoms with van der Waals surface area (Å²) < 4.78 is 0. The molecule has 0 heterocycles. The molecule has 0 aromatic heterocycles. The molecule has 4 heteroatoms. The fourth-order valence-electron chi connectivity index (χ4n) is 4.82. The molecule has 2 aliphatic carbocycles. The van der Waals surface area contributed by atoms with Gasteiger partial charge in [-0.05, 0) is 27.7 Å². The van der Waals surface area contributed by atoms with Gasteiger partial charge in [0.15, 0.2) is 0 Å². The predicted octanol–water partition coefficient (Wildman–Crippen LogP) is 8.11. The molecule has 2 nitrogen and oxygen atoms in total. The van der Waals surface area contributed by atoms with Gasteiger partial charge in [0.25, 0.3) is 0 Å². The first kappa shape index (κ1) is 34.0. The van der Waals surface area contributed by atoms with Crippen molar-refractivity contribution in [1.82, 2.24) is 0 Å². The summed E-state index contributed by atoms with van der Waals surface area (Å²) in [5.41, 5.74) is 9.92. The second-order valence-corrected chi connectivity index (χ2v) is 20.4. The molecule has 2 aliphatic rings. The van der Waals surface area contributed by atoms with Crippen LogP contribution in [0, 0.1) is 27.7 Å². The molecule has 0 atom stereocenters. The van der Waals surface area contributed by atoms with Crippen LogP contribution in [0.2, 0.25) is 13.1 Å². The summed E-state index contributed by atoms with van der Waals surface area (Å²) in [6, 6.07) is 24.5. The van der Waals surface area contributed by atoms with Crippen molar-refractivity contribution in [2.24, 2.45) is 0 Å². The van der Waals surface area contributed by atoms with Crippen molar-refractivity contribution in [3.63, 3.8) is 0 Å². The van der Waals surface area contributed by atoms with Crippen molar-refractivity contribution < 1.29 is 33.5 Å². The summed E-state index contributed by atoms with van der Waals surface area (Å²) in [6.45, 7) is 11.9. The first-order valence-corrected chi connectivity index (χ1v) is 20.7. The Hall–Kier alpha value is -2.16. The summed E-state index contributed by atoms with van der Waals surface area (Å²) in [5, 5.41) is 21.9. The average Bonchev–Trinajstić information content (AvgIpc) is 3.61. The summed E-state index contributed by atoms with van der Waals surface area (Å²) in [4.78, 5) is 0. The van der Waals surface area contributed by atoms with Crippen molar-refractivity contribution in [3.8, 4) is 11.5 Å². The van der Waals surface area contributed by atoms with Crippen LogP contribution in [0.25, 0.3) is 0 Å². The van der Waals surface area contributed by atoms with E-state index in [9.17, 15) is 10.2 Å². The zero-order valence-corrected chi connectivity index (χ0v) is 28.9. The van der Waals surface area contributed by atoms with E-state index >= 15 is 0 Å². The molecule has 4 aromatic carbocycles. The molecule has 0 radical (unpaired) electrons. The average molecular weight is 630 g/mol. The molecular weight excluding hydrogens is 584 g/mol. The molecule has 0 amide bonds. The first-order chi connectivity index (χ1) is 19.1. The molecule has 212 valence electrons. The molecule has 4 aromatic rings. The van der Waals surface area contributed by atoms with Crippen molar-refractivity contribution >= 4 is 5.43 Å². The second kappa shape index (κ2) is 18.3. The van der Waals surface area contributed by atoms with Crippen LogP contribution in [0.4, 0.5) is 0 Å². The van der Waals surface area contributed by atoms with Gasteiger partial charge in [-0.15, -0.1) is 11.5 Å². The fourth-order valence-corrected chi connectivity index (χ4v) is 4.82. The van der Waals surface area contributed by atoms with Gasteiger partial charge < -0.3 is 10.2 Å². The van der Waals surface area contributed by atoms with E-state index in [4.69, 9.17) is 0 Å². The third kappa shape index (κ3) is 12.1. The molecule has 0 saturated heterocycles. The molecular formula is C36H46O2SiZr-2. The van der Waals surface area contributed by atoms with Crippen LogP contribution in [0.5, 0.6) is 11.5 Å². The van der Waals surface area contributed by atoms with Gasteiger partial charge in [0.05, 0.1) is 0 Å². The van der Waals surface area contributed by atoms with Gasteiger partial charge in [-0.3, -0.25) is 0 Å². The molecule has 0 spiro atoms. The van der Waals surface area contributed by atoms with Crippen LogP contribution in [-0.4, -0.2) is 5.43 Å². The maximum Gasteiger partial charge on any atom is -0.0404 e. The summed E-state index contributed by atoms with van der Waals surface area (Å²) in [6.07, 6.45) is 10.9. The molecule has 0 N–H and O–H groups in total. The van der Waals surface area contributed by atoms with Gasteiger partial charge in [-0.2, -0.15) is 46.5 Å². The predicted molar refractivity (Wildman–Crippen MR) is 166 cm³/mol. The number of hydrogen-bond acceptors (Lipinski definition) is 2. The molecule has 0 bridgehead atoms. The third-order valence-corrected chi connectivity index (χ3v) is 7.12. The van der Waals surface area contributed by atoms with E-state index in [1.807, 2.05) is 64.1 Å². The van der Waals surface area contributed by atoms with Crippen LogP contribution in [0.15, 0.2) is 72.8 Å². The largest absolute Gasteiger partial charge is 0.872 e. The normalized spacial score (nSPS) is 12.8. The molecule has 40 heavy (non-hydrogen) atoms. The van der Waals surface area contributed by atoms with Crippen molar-refractivity contribution in [2.45, 2.75) is 92.2 Å². The Morgan fingerprint density at radius 3 is 1.15 bits per heavy atom. The van der Waals surface area contributed by atoms with Crippen LogP contribution >= 0.6 is 0 Å². The second-order valence-electron chi connectivity index (χ2n) is 11.0. The van der Waals surface area contributed by atoms with Gasteiger partial charge in [0, 0.05) is 0 Å². The molecule has 0 unspecified atom stereocenters. The fraction of sp³-hybridized carbons (Fsp3) is 0.389. The van der Waals surface area contributed by atoms with Crippen molar-refractivity contribution in [1.29, 1.82) is 0 Å². The minimum atomic E-state index is 0.164. The zero-order valence-electron chi connectivity index (χ0n) is 25.4. The molecule has 0 aliphatic heterocycles. The van der Waals surface area contributed by atoms with E-state index in [0.29, 0.717) is 0 Å². The monoisotopic (exact) mass is 628 g/mol. The number of fused-ring (bicyclic) bond motifs is 2. The molecule has 0 saturated carbocycles. The summed E-state index contributed by atoms with van der Waals surface area (Å²) in [7, 11) is 0. The summed E-state index contributed by atoms with van der Waals surface area (Å²) in [5.74, 6) is 0.329. The number of aryl methyl sites for hydroxylation is 8. The van der Waals surface area contributed by atoms with Gasteiger partial charge in [-0.1, -0.05) is 110 Å². The quantitative estimate of drug-likeness (QED) is 0.146. The number of hydrogen-bond donors (Lipinski definition) is 0. The third-order valence-electron chi connectivity index (χ3n) is 7.12. The SMILES string of the molecule is C[Si](C)=[Zr+2].Cc1cccc(C)c1[O-].Cc1cccc(C)c1[O-].c1cc2c([cH-]1)CCCC2.c1cc2c([cH-]1)CCCC2. The van der Waals surface area contributed by atoms with Crippen LogP contribution in [0.3, 0.4) is 0 Å². The number of benzene rings is 2. The Kier molecular flexibility index (Phi) is 15.6. The molecule has 6 rings (SSSR count). The standard InChI is InChI=1S/2C9H11.2C8H10O.C2H6Si.Zr/c2*1-2-5-9-7-3-6-8(9)4-1;2*1-6-4-3-5-7(2)8(6)9;1-3-2;/h2*3,6-7H,1-2,4-5H2;2*3-5,9H,1-2H3;1-2H3;/q2*-1;;;;+2/p-2. The van der Waals surface area contributed by atoms with Crippen LogP contribution in [-0.2, 0) is 49.0 Å². The van der Waals surface area contributed by atoms with Crippen LogP contribution < -0.4 is 10.2 Å². The Balaban J connectivity index is 0.000000179. The number of rotatable bonds is 0. The Labute approximate surface area is 258 Å². The first-order valence-electron chi connectivity index (χ1n) is 14.5. The van der Waals surface area contributed by atoms with Crippen molar-refractivity contribution in [3.05, 3.63) is 117 Å². The maximum atomic E-state index is 11.0. The Morgan fingerprint density at radius 2 is 0.875 bits per heavy atom. The Bertz CT molecular complexity index is 1130. The topological polar surface area (TPSA) is 46.1 Å². The Morgan fingerprint density at radius 1 is 0.575 bits per heavy atom. The van der Waals surface area contributed by atoms with Crippen molar-refractivity contribution in [2.75, 3.05) is 0 Å². The van der Waals surface area contributed by atoms with E-state index < -0.39 is 0 Å². The zero-order chi connectivity index (χ0) is 29.5. The van der Waals surface area contributed by atoms with E-state index in [1.165, 1.54) is 51.4 Å². The van der Waals surface area contributed by atoms with Gasteiger partial charge in [0.1, 0.15) is 0 Å². The van der Waals surface area contributed by atoms with E-state index in [0.717, 1.165) is 22.3 Å². The van der Waals surface area contributed by atoms with Gasteiger partial charge >= 0.3 is 41.9 Å². The smallest absolute Gasteiger partial charge is 0.0404 e. The van der Waals surface area contributed by atoms with Crippen LogP contribution in [0.1, 0.15) is 70.2 Å². The van der Waals surface area contributed by atoms with E-state index in [-0.39, 0.29) is 16.9 Å². The van der Waals surface area contributed by atoms with E-state index in [2.05, 4.69) is 49.5 Å². The minimum Gasteiger partial charge on any atom is -0.872 e. The number of para-hydroxylation sites is 2. The minimum absolute atomic E-state index is 0.164. The molecule has 0 fully saturated rings. The van der Waals surface area contributed by atoms with Gasteiger partial charge in [0.2, 0.25) is 0 Å².